The van der Waals surface area contributed by atoms with Crippen molar-refractivity contribution in [3.8, 4) is 0 Å². The summed E-state index contributed by atoms with van der Waals surface area (Å²) < 4.78 is 5.27. The number of likely N-dealkylation sites (tertiary alicyclic amines) is 1. The van der Waals surface area contributed by atoms with Gasteiger partial charge in [0, 0.05) is 45.7 Å². The third kappa shape index (κ3) is 4.06. The van der Waals surface area contributed by atoms with E-state index in [1.165, 1.54) is 21.2 Å². The lowest BCUT2D eigenvalue weighted by atomic mass is 9.85. The molecule has 176 valence electrons. The lowest BCUT2D eigenvalue weighted by molar-refractivity contribution is -0.136. The molecule has 0 radical (unpaired) electrons. The Labute approximate surface area is 199 Å². The fraction of sp³-hybridized carbons (Fsp3) is 0.370. The van der Waals surface area contributed by atoms with E-state index in [1.54, 1.807) is 24.4 Å². The monoisotopic (exact) mass is 458 g/mol. The van der Waals surface area contributed by atoms with Gasteiger partial charge in [-0.2, -0.15) is 0 Å². The minimum absolute atomic E-state index is 0.0951. The van der Waals surface area contributed by atoms with Crippen molar-refractivity contribution >= 4 is 22.7 Å². The number of urea groups is 1. The first-order valence-electron chi connectivity index (χ1n) is 11.8. The second kappa shape index (κ2) is 9.52. The number of hydrogen-bond donors (Lipinski definition) is 0. The number of benzene rings is 2. The number of nitrogens with zero attached hydrogens (tertiary/aromatic N) is 4. The van der Waals surface area contributed by atoms with E-state index in [9.17, 15) is 9.59 Å². The number of pyridine rings is 1. The number of ether oxygens (including phenoxy) is 1. The van der Waals surface area contributed by atoms with Crippen LogP contribution in [-0.2, 0) is 22.6 Å². The number of amides is 3. The molecule has 0 saturated carbocycles. The van der Waals surface area contributed by atoms with Crippen LogP contribution in [0.25, 0.3) is 10.8 Å². The van der Waals surface area contributed by atoms with Crippen molar-refractivity contribution in [2.45, 2.75) is 31.5 Å². The summed E-state index contributed by atoms with van der Waals surface area (Å²) in [5.74, 6) is -0.0951. The van der Waals surface area contributed by atoms with Gasteiger partial charge in [0.1, 0.15) is 5.54 Å². The van der Waals surface area contributed by atoms with Crippen molar-refractivity contribution in [1.29, 1.82) is 0 Å². The quantitative estimate of drug-likeness (QED) is 0.506. The van der Waals surface area contributed by atoms with Crippen LogP contribution in [0.3, 0.4) is 0 Å². The highest BCUT2D eigenvalue weighted by Crippen LogP contribution is 2.38. The van der Waals surface area contributed by atoms with E-state index < -0.39 is 5.54 Å². The zero-order valence-corrected chi connectivity index (χ0v) is 19.5. The number of hydrogen-bond acceptors (Lipinski definition) is 5. The number of rotatable bonds is 7. The lowest BCUT2D eigenvalue weighted by Gasteiger charge is -2.42. The number of piperidine rings is 1. The molecule has 7 heteroatoms. The topological polar surface area (TPSA) is 66.0 Å². The van der Waals surface area contributed by atoms with E-state index >= 15 is 0 Å². The summed E-state index contributed by atoms with van der Waals surface area (Å²) in [6.45, 7) is 3.40. The molecule has 1 spiro atoms. The number of aromatic nitrogens is 1. The summed E-state index contributed by atoms with van der Waals surface area (Å²) in [6.07, 6.45) is 4.64. The Balaban J connectivity index is 1.34. The van der Waals surface area contributed by atoms with Gasteiger partial charge in [-0.05, 0) is 40.8 Å². The predicted octanol–water partition coefficient (Wildman–Crippen LogP) is 3.68. The van der Waals surface area contributed by atoms with Gasteiger partial charge in [-0.1, -0.05) is 48.5 Å². The standard InChI is InChI=1S/C27H30N4O3/c1-34-17-16-31-26(33)30(19-21-6-5-13-28-18-21)25(32)27(31)11-14-29(15-12-27)20-23-9-4-8-22-7-2-3-10-24(22)23/h2-10,13,18H,11-12,14-17,19-20H2,1H3. The van der Waals surface area contributed by atoms with Gasteiger partial charge in [-0.15, -0.1) is 0 Å². The smallest absolute Gasteiger partial charge is 0.328 e. The van der Waals surface area contributed by atoms with Crippen molar-refractivity contribution in [2.24, 2.45) is 0 Å². The Bertz CT molecular complexity index is 1170. The molecule has 0 unspecified atom stereocenters. The summed E-state index contributed by atoms with van der Waals surface area (Å²) in [4.78, 5) is 36.7. The van der Waals surface area contributed by atoms with Crippen LogP contribution in [-0.4, -0.2) is 70.5 Å². The first-order chi connectivity index (χ1) is 16.6. The van der Waals surface area contributed by atoms with Crippen LogP contribution in [0.5, 0.6) is 0 Å². The van der Waals surface area contributed by atoms with Crippen molar-refractivity contribution in [1.82, 2.24) is 19.7 Å². The van der Waals surface area contributed by atoms with Crippen LogP contribution in [0.2, 0.25) is 0 Å². The molecule has 3 aromatic rings. The second-order valence-electron chi connectivity index (χ2n) is 9.13. The van der Waals surface area contributed by atoms with Gasteiger partial charge >= 0.3 is 6.03 Å². The van der Waals surface area contributed by atoms with E-state index in [0.29, 0.717) is 26.0 Å². The molecule has 2 saturated heterocycles. The molecule has 3 heterocycles. The Morgan fingerprint density at radius 1 is 0.971 bits per heavy atom. The Kier molecular flexibility index (Phi) is 6.30. The molecule has 2 aliphatic rings. The Hall–Kier alpha value is -3.29. The molecule has 2 aromatic carbocycles. The van der Waals surface area contributed by atoms with Crippen molar-refractivity contribution in [2.75, 3.05) is 33.4 Å². The summed E-state index contributed by atoms with van der Waals surface area (Å²) in [7, 11) is 1.62. The third-order valence-electron chi connectivity index (χ3n) is 7.16. The maximum Gasteiger partial charge on any atom is 0.328 e. The summed E-state index contributed by atoms with van der Waals surface area (Å²) in [5, 5.41) is 2.50. The second-order valence-corrected chi connectivity index (χ2v) is 9.13. The first-order valence-corrected chi connectivity index (χ1v) is 11.8. The van der Waals surface area contributed by atoms with Crippen molar-refractivity contribution in [3.63, 3.8) is 0 Å². The zero-order chi connectivity index (χ0) is 23.5. The number of carbonyl (C=O) groups is 2. The lowest BCUT2D eigenvalue weighted by Crippen LogP contribution is -2.57. The maximum atomic E-state index is 13.7. The number of fused-ring (bicyclic) bond motifs is 1. The molecule has 1 aromatic heterocycles. The molecule has 34 heavy (non-hydrogen) atoms. The van der Waals surface area contributed by atoms with E-state index in [-0.39, 0.29) is 18.5 Å². The average Bonchev–Trinajstić information content (AvgIpc) is 3.06. The van der Waals surface area contributed by atoms with Gasteiger partial charge in [0.15, 0.2) is 0 Å². The first kappa shape index (κ1) is 22.5. The minimum atomic E-state index is -0.799. The largest absolute Gasteiger partial charge is 0.383 e. The van der Waals surface area contributed by atoms with Gasteiger partial charge < -0.3 is 9.64 Å². The maximum absolute atomic E-state index is 13.7. The fourth-order valence-electron chi connectivity index (χ4n) is 5.32. The molecule has 0 N–H and O–H groups in total. The van der Waals surface area contributed by atoms with Crippen molar-refractivity contribution in [3.05, 3.63) is 78.1 Å². The van der Waals surface area contributed by atoms with Gasteiger partial charge in [0.2, 0.25) is 0 Å². The molecule has 0 bridgehead atoms. The average molecular weight is 459 g/mol. The number of methoxy groups -OCH3 is 1. The van der Waals surface area contributed by atoms with Crippen LogP contribution in [0.1, 0.15) is 24.0 Å². The normalized spacial score (nSPS) is 18.4. The van der Waals surface area contributed by atoms with Gasteiger partial charge in [-0.25, -0.2) is 4.79 Å². The van der Waals surface area contributed by atoms with Gasteiger partial charge in [0.25, 0.3) is 5.91 Å². The van der Waals surface area contributed by atoms with Crippen LogP contribution in [0, 0.1) is 0 Å². The van der Waals surface area contributed by atoms with Crippen molar-refractivity contribution < 1.29 is 14.3 Å². The van der Waals surface area contributed by atoms with Crippen LogP contribution >= 0.6 is 0 Å². The van der Waals surface area contributed by atoms with Crippen LogP contribution < -0.4 is 0 Å². The predicted molar refractivity (Wildman–Crippen MR) is 130 cm³/mol. The number of carbonyl (C=O) groups excluding carboxylic acids is 2. The highest BCUT2D eigenvalue weighted by Gasteiger charge is 2.57. The Morgan fingerprint density at radius 2 is 1.76 bits per heavy atom. The third-order valence-corrected chi connectivity index (χ3v) is 7.16. The van der Waals surface area contributed by atoms with Gasteiger partial charge in [0.05, 0.1) is 13.2 Å². The summed E-state index contributed by atoms with van der Waals surface area (Å²) in [5.41, 5.74) is 1.34. The molecular weight excluding hydrogens is 428 g/mol. The molecule has 0 atom stereocenters. The Morgan fingerprint density at radius 3 is 2.53 bits per heavy atom. The zero-order valence-electron chi connectivity index (χ0n) is 19.5. The molecule has 2 fully saturated rings. The molecular formula is C27H30N4O3. The van der Waals surface area contributed by atoms with Crippen LogP contribution in [0.15, 0.2) is 67.0 Å². The summed E-state index contributed by atoms with van der Waals surface area (Å²) in [6, 6.07) is 18.3. The van der Waals surface area contributed by atoms with E-state index in [1.807, 2.05) is 12.1 Å². The summed E-state index contributed by atoms with van der Waals surface area (Å²) >= 11 is 0. The van der Waals surface area contributed by atoms with E-state index in [4.69, 9.17) is 4.74 Å². The number of imide groups is 1. The van der Waals surface area contributed by atoms with Gasteiger partial charge in [-0.3, -0.25) is 19.6 Å². The molecule has 7 nitrogen and oxygen atoms in total. The molecule has 2 aliphatic heterocycles. The van der Waals surface area contributed by atoms with E-state index in [0.717, 1.165) is 25.2 Å². The highest BCUT2D eigenvalue weighted by atomic mass is 16.5. The molecule has 0 aliphatic carbocycles. The molecule has 3 amide bonds. The highest BCUT2D eigenvalue weighted by molar-refractivity contribution is 6.07. The minimum Gasteiger partial charge on any atom is -0.383 e. The fourth-order valence-corrected chi connectivity index (χ4v) is 5.32. The van der Waals surface area contributed by atoms with E-state index in [2.05, 4.69) is 52.3 Å². The van der Waals surface area contributed by atoms with Crippen LogP contribution in [0.4, 0.5) is 4.79 Å². The molecule has 5 rings (SSSR count). The SMILES string of the molecule is COCCN1C(=O)N(Cc2cccnc2)C(=O)C12CCN(Cc1cccc3ccccc13)CC2.